The van der Waals surface area contributed by atoms with E-state index in [2.05, 4.69) is 24.1 Å². The standard InChI is InChI=1S/C21H33N3O3S/c1-17-13-18(2)15-23(14-17)16-21(25)22-19-7-9-20(10-8-19)28(26,27)24-11-5-3-4-6-12-24/h7-10,17-18H,3-6,11-16H2,1-2H3,(H,22,25)/t17-,18-/m1/s1. The maximum absolute atomic E-state index is 12.8. The topological polar surface area (TPSA) is 69.7 Å². The fraction of sp³-hybridized carbons (Fsp3) is 0.667. The molecule has 0 radical (unpaired) electrons. The monoisotopic (exact) mass is 407 g/mol. The predicted molar refractivity (Wildman–Crippen MR) is 112 cm³/mol. The Labute approximate surface area is 169 Å². The van der Waals surface area contributed by atoms with Crippen LogP contribution in [0.4, 0.5) is 5.69 Å². The van der Waals surface area contributed by atoms with Crippen molar-refractivity contribution in [2.45, 2.75) is 50.8 Å². The van der Waals surface area contributed by atoms with Crippen LogP contribution in [-0.2, 0) is 14.8 Å². The van der Waals surface area contributed by atoms with Gasteiger partial charge in [-0.1, -0.05) is 26.7 Å². The highest BCUT2D eigenvalue weighted by molar-refractivity contribution is 7.89. The Morgan fingerprint density at radius 2 is 1.57 bits per heavy atom. The van der Waals surface area contributed by atoms with E-state index in [0.717, 1.165) is 38.8 Å². The maximum Gasteiger partial charge on any atom is 0.243 e. The highest BCUT2D eigenvalue weighted by Gasteiger charge is 2.25. The van der Waals surface area contributed by atoms with Gasteiger partial charge in [0.2, 0.25) is 15.9 Å². The van der Waals surface area contributed by atoms with Crippen LogP contribution in [0.2, 0.25) is 0 Å². The first-order valence-electron chi connectivity index (χ1n) is 10.5. The van der Waals surface area contributed by atoms with Gasteiger partial charge in [-0.15, -0.1) is 0 Å². The molecule has 1 N–H and O–H groups in total. The van der Waals surface area contributed by atoms with Crippen LogP contribution in [0.25, 0.3) is 0 Å². The van der Waals surface area contributed by atoms with Crippen molar-refractivity contribution in [2.24, 2.45) is 11.8 Å². The summed E-state index contributed by atoms with van der Waals surface area (Å²) in [6.45, 7) is 7.91. The molecule has 2 saturated heterocycles. The van der Waals surface area contributed by atoms with Gasteiger partial charge in [0.1, 0.15) is 0 Å². The van der Waals surface area contributed by atoms with Crippen LogP contribution < -0.4 is 5.32 Å². The van der Waals surface area contributed by atoms with Crippen LogP contribution >= 0.6 is 0 Å². The van der Waals surface area contributed by atoms with Crippen LogP contribution in [0.1, 0.15) is 46.0 Å². The van der Waals surface area contributed by atoms with Crippen LogP contribution in [0.5, 0.6) is 0 Å². The van der Waals surface area contributed by atoms with Crippen LogP contribution in [-0.4, -0.2) is 56.3 Å². The Morgan fingerprint density at radius 1 is 1.00 bits per heavy atom. The minimum absolute atomic E-state index is 0.0515. The molecule has 0 spiro atoms. The third-order valence-electron chi connectivity index (χ3n) is 5.65. The van der Waals surface area contributed by atoms with E-state index in [-0.39, 0.29) is 5.91 Å². The lowest BCUT2D eigenvalue weighted by molar-refractivity contribution is -0.117. The predicted octanol–water partition coefficient (Wildman–Crippen LogP) is 3.17. The lowest BCUT2D eigenvalue weighted by Gasteiger charge is -2.34. The number of nitrogens with one attached hydrogen (secondary N) is 1. The summed E-state index contributed by atoms with van der Waals surface area (Å²) in [5.41, 5.74) is 0.637. The fourth-order valence-corrected chi connectivity index (χ4v) is 5.98. The number of nitrogens with zero attached hydrogens (tertiary/aromatic N) is 2. The Morgan fingerprint density at radius 3 is 2.14 bits per heavy atom. The van der Waals surface area contributed by atoms with Gasteiger partial charge in [-0.3, -0.25) is 9.69 Å². The molecule has 0 aliphatic carbocycles. The van der Waals surface area contributed by atoms with E-state index < -0.39 is 10.0 Å². The van der Waals surface area contributed by atoms with Crippen molar-refractivity contribution in [2.75, 3.05) is 38.0 Å². The number of anilines is 1. The molecule has 0 unspecified atom stereocenters. The summed E-state index contributed by atoms with van der Waals surface area (Å²) < 4.78 is 27.2. The molecule has 28 heavy (non-hydrogen) atoms. The van der Waals surface area contributed by atoms with Crippen molar-refractivity contribution in [3.05, 3.63) is 24.3 Å². The number of carbonyl (C=O) groups is 1. The van der Waals surface area contributed by atoms with Crippen molar-refractivity contribution in [3.8, 4) is 0 Å². The molecule has 1 amide bonds. The molecular weight excluding hydrogens is 374 g/mol. The van der Waals surface area contributed by atoms with Gasteiger partial charge >= 0.3 is 0 Å². The van der Waals surface area contributed by atoms with Crippen molar-refractivity contribution in [1.82, 2.24) is 9.21 Å². The molecule has 0 aromatic heterocycles. The number of hydrogen-bond donors (Lipinski definition) is 1. The molecule has 156 valence electrons. The van der Waals surface area contributed by atoms with E-state index in [1.54, 1.807) is 28.6 Å². The van der Waals surface area contributed by atoms with Crippen LogP contribution in [0.15, 0.2) is 29.2 Å². The zero-order chi connectivity index (χ0) is 20.1. The Balaban J connectivity index is 1.58. The largest absolute Gasteiger partial charge is 0.325 e. The smallest absolute Gasteiger partial charge is 0.243 e. The van der Waals surface area contributed by atoms with Crippen molar-refractivity contribution < 1.29 is 13.2 Å². The summed E-state index contributed by atoms with van der Waals surface area (Å²) in [6, 6.07) is 6.57. The summed E-state index contributed by atoms with van der Waals surface area (Å²) in [5.74, 6) is 1.17. The Bertz CT molecular complexity index is 746. The molecular formula is C21H33N3O3S. The van der Waals surface area contributed by atoms with E-state index in [1.807, 2.05) is 0 Å². The first kappa shape index (κ1) is 21.3. The normalized spacial score (nSPS) is 25.2. The number of carbonyl (C=O) groups excluding carboxylic acids is 1. The van der Waals surface area contributed by atoms with E-state index >= 15 is 0 Å². The van der Waals surface area contributed by atoms with Gasteiger partial charge in [0.25, 0.3) is 0 Å². The molecule has 3 rings (SSSR count). The average molecular weight is 408 g/mol. The van der Waals surface area contributed by atoms with Gasteiger partial charge in [0, 0.05) is 31.9 Å². The summed E-state index contributed by atoms with van der Waals surface area (Å²) in [6.07, 6.45) is 5.23. The molecule has 0 saturated carbocycles. The lowest BCUT2D eigenvalue weighted by Crippen LogP contribution is -2.42. The number of amides is 1. The second-order valence-electron chi connectivity index (χ2n) is 8.53. The van der Waals surface area contributed by atoms with E-state index in [1.165, 1.54) is 6.42 Å². The van der Waals surface area contributed by atoms with E-state index in [0.29, 0.717) is 42.1 Å². The molecule has 2 heterocycles. The number of rotatable bonds is 5. The minimum Gasteiger partial charge on any atom is -0.325 e. The summed E-state index contributed by atoms with van der Waals surface area (Å²) in [5, 5.41) is 2.90. The van der Waals surface area contributed by atoms with Gasteiger partial charge in [0.05, 0.1) is 11.4 Å². The molecule has 6 nitrogen and oxygen atoms in total. The molecule has 1 aromatic carbocycles. The zero-order valence-electron chi connectivity index (χ0n) is 17.1. The van der Waals surface area contributed by atoms with Gasteiger partial charge in [-0.25, -0.2) is 8.42 Å². The molecule has 2 atom stereocenters. The minimum atomic E-state index is -3.45. The lowest BCUT2D eigenvalue weighted by atomic mass is 9.92. The third kappa shape index (κ3) is 5.55. The average Bonchev–Trinajstić information content (AvgIpc) is 2.91. The second kappa shape index (κ2) is 9.37. The SMILES string of the molecule is C[C@@H]1C[C@@H](C)CN(CC(=O)Nc2ccc(S(=O)(=O)N3CCCCCC3)cc2)C1. The van der Waals surface area contributed by atoms with Crippen molar-refractivity contribution in [1.29, 1.82) is 0 Å². The zero-order valence-corrected chi connectivity index (χ0v) is 17.9. The van der Waals surface area contributed by atoms with Crippen LogP contribution in [0.3, 0.4) is 0 Å². The highest BCUT2D eigenvalue weighted by atomic mass is 32.2. The molecule has 0 bridgehead atoms. The van der Waals surface area contributed by atoms with E-state index in [4.69, 9.17) is 0 Å². The van der Waals surface area contributed by atoms with Gasteiger partial charge < -0.3 is 5.32 Å². The number of piperidine rings is 1. The van der Waals surface area contributed by atoms with E-state index in [9.17, 15) is 13.2 Å². The summed E-state index contributed by atoms with van der Waals surface area (Å²) >= 11 is 0. The quantitative estimate of drug-likeness (QED) is 0.814. The van der Waals surface area contributed by atoms with Crippen molar-refractivity contribution >= 4 is 21.6 Å². The number of benzene rings is 1. The molecule has 2 fully saturated rings. The summed E-state index contributed by atoms with van der Waals surface area (Å²) in [7, 11) is -3.45. The van der Waals surface area contributed by atoms with Crippen LogP contribution in [0, 0.1) is 11.8 Å². The summed E-state index contributed by atoms with van der Waals surface area (Å²) in [4.78, 5) is 14.9. The number of likely N-dealkylation sites (tertiary alicyclic amines) is 1. The number of sulfonamides is 1. The third-order valence-corrected chi connectivity index (χ3v) is 7.57. The highest BCUT2D eigenvalue weighted by Crippen LogP contribution is 2.23. The Hall–Kier alpha value is -1.44. The number of hydrogen-bond acceptors (Lipinski definition) is 4. The van der Waals surface area contributed by atoms with Gasteiger partial charge in [-0.05, 0) is 55.4 Å². The molecule has 7 heteroatoms. The fourth-order valence-electron chi connectivity index (χ4n) is 4.47. The molecule has 1 aromatic rings. The second-order valence-corrected chi connectivity index (χ2v) is 10.5. The van der Waals surface area contributed by atoms with Gasteiger partial charge in [0.15, 0.2) is 0 Å². The first-order chi connectivity index (χ1) is 13.3. The molecule has 2 aliphatic heterocycles. The molecule has 2 aliphatic rings. The Kier molecular flexibility index (Phi) is 7.12. The van der Waals surface area contributed by atoms with Gasteiger partial charge in [-0.2, -0.15) is 4.31 Å². The maximum atomic E-state index is 12.8. The first-order valence-corrected chi connectivity index (χ1v) is 11.9. The van der Waals surface area contributed by atoms with Crippen molar-refractivity contribution in [3.63, 3.8) is 0 Å².